The Labute approximate surface area is 244 Å². The van der Waals surface area contributed by atoms with Crippen molar-refractivity contribution < 1.29 is 14.3 Å². The lowest BCUT2D eigenvalue weighted by Gasteiger charge is -2.20. The molecule has 3 aromatic rings. The van der Waals surface area contributed by atoms with Gasteiger partial charge in [0, 0.05) is 31.6 Å². The molecule has 0 aromatic heterocycles. The summed E-state index contributed by atoms with van der Waals surface area (Å²) in [6.45, 7) is 10.2. The number of ether oxygens (including phenoxy) is 2. The third-order valence-corrected chi connectivity index (χ3v) is 6.59. The first kappa shape index (κ1) is 31.5. The van der Waals surface area contributed by atoms with Crippen molar-refractivity contribution in [3.63, 3.8) is 0 Å². The monoisotopic (exact) mass is 557 g/mol. The fourth-order valence-electron chi connectivity index (χ4n) is 4.17. The fourth-order valence-corrected chi connectivity index (χ4v) is 4.17. The zero-order valence-electron chi connectivity index (χ0n) is 24.8. The molecule has 0 saturated heterocycles. The van der Waals surface area contributed by atoms with Crippen LogP contribution in [-0.4, -0.2) is 25.3 Å². The number of carbonyl (C=O) groups excluding carboxylic acids is 1. The second kappa shape index (κ2) is 17.6. The maximum atomic E-state index is 11.9. The highest BCUT2D eigenvalue weighted by atomic mass is 16.7. The molecule has 0 N–H and O–H groups in total. The fraction of sp³-hybridized carbons (Fsp3) is 0.424. The normalized spacial score (nSPS) is 12.1. The summed E-state index contributed by atoms with van der Waals surface area (Å²) in [6, 6.07) is 22.8. The van der Waals surface area contributed by atoms with E-state index in [4.69, 9.17) is 9.47 Å². The molecule has 0 heterocycles. The van der Waals surface area contributed by atoms with Crippen molar-refractivity contribution in [3.05, 3.63) is 72.8 Å². The number of esters is 1. The largest absolute Gasteiger partial charge is 0.455 e. The van der Waals surface area contributed by atoms with Gasteiger partial charge in [-0.25, -0.2) is 0 Å². The molecule has 218 valence electrons. The van der Waals surface area contributed by atoms with Crippen LogP contribution in [0.1, 0.15) is 72.6 Å². The van der Waals surface area contributed by atoms with Crippen LogP contribution in [0.2, 0.25) is 0 Å². The smallest absolute Gasteiger partial charge is 0.308 e. The lowest BCUT2D eigenvalue weighted by Crippen LogP contribution is -2.24. The summed E-state index contributed by atoms with van der Waals surface area (Å²) >= 11 is 0. The minimum Gasteiger partial charge on any atom is -0.455 e. The molecule has 0 aliphatic heterocycles. The molecule has 0 aliphatic carbocycles. The molecule has 0 saturated carbocycles. The predicted octanol–water partition coefficient (Wildman–Crippen LogP) is 10.4. The van der Waals surface area contributed by atoms with E-state index in [-0.39, 0.29) is 5.97 Å². The molecule has 3 aromatic carbocycles. The number of azo groups is 2. The van der Waals surface area contributed by atoms with Crippen molar-refractivity contribution >= 4 is 34.4 Å². The minimum atomic E-state index is -0.584. The van der Waals surface area contributed by atoms with Gasteiger partial charge in [-0.3, -0.25) is 4.79 Å². The summed E-state index contributed by atoms with van der Waals surface area (Å²) in [6.07, 6.45) is 6.07. The zero-order valence-corrected chi connectivity index (χ0v) is 24.8. The maximum Gasteiger partial charge on any atom is 0.308 e. The Morgan fingerprint density at radius 3 is 1.59 bits per heavy atom. The summed E-state index contributed by atoms with van der Waals surface area (Å²) in [4.78, 5) is 14.1. The first-order valence-electron chi connectivity index (χ1n) is 14.8. The van der Waals surface area contributed by atoms with E-state index in [1.165, 1.54) is 24.9 Å². The second-order valence-corrected chi connectivity index (χ2v) is 9.69. The summed E-state index contributed by atoms with van der Waals surface area (Å²) in [5.41, 5.74) is 4.12. The molecule has 8 nitrogen and oxygen atoms in total. The van der Waals surface area contributed by atoms with Gasteiger partial charge in [0.05, 0.1) is 22.7 Å². The molecule has 1 atom stereocenters. The Morgan fingerprint density at radius 1 is 0.659 bits per heavy atom. The van der Waals surface area contributed by atoms with Gasteiger partial charge in [0.1, 0.15) is 5.75 Å². The van der Waals surface area contributed by atoms with Gasteiger partial charge < -0.3 is 14.4 Å². The van der Waals surface area contributed by atoms with Crippen molar-refractivity contribution in [1.29, 1.82) is 0 Å². The number of benzene rings is 3. The lowest BCUT2D eigenvalue weighted by molar-refractivity contribution is -0.164. The van der Waals surface area contributed by atoms with Crippen LogP contribution in [0.4, 0.5) is 28.4 Å². The van der Waals surface area contributed by atoms with E-state index in [0.717, 1.165) is 37.3 Å². The Morgan fingerprint density at radius 2 is 1.12 bits per heavy atom. The quantitative estimate of drug-likeness (QED) is 0.0714. The predicted molar refractivity (Wildman–Crippen MR) is 165 cm³/mol. The number of anilines is 1. The van der Waals surface area contributed by atoms with Gasteiger partial charge in [-0.2, -0.15) is 20.5 Å². The van der Waals surface area contributed by atoms with Gasteiger partial charge in [-0.1, -0.05) is 39.5 Å². The SMILES string of the molecule is CCCCCCCC(OC(=O)CC)Oc1ccc(N=Nc2ccc(N=Nc3ccc(N(CC)CC)cc3)cc2)cc1. The Balaban J connectivity index is 1.53. The average molecular weight is 558 g/mol. The summed E-state index contributed by atoms with van der Waals surface area (Å²) in [5.74, 6) is 0.370. The van der Waals surface area contributed by atoms with Crippen LogP contribution in [0.3, 0.4) is 0 Å². The Hall–Kier alpha value is -4.07. The number of hydrogen-bond donors (Lipinski definition) is 0. The van der Waals surface area contributed by atoms with Gasteiger partial charge >= 0.3 is 5.97 Å². The number of carbonyl (C=O) groups is 1. The highest BCUT2D eigenvalue weighted by molar-refractivity contribution is 5.69. The van der Waals surface area contributed by atoms with Gasteiger partial charge in [0.25, 0.3) is 0 Å². The van der Waals surface area contributed by atoms with Gasteiger partial charge in [-0.15, -0.1) is 0 Å². The van der Waals surface area contributed by atoms with Gasteiger partial charge in [0.2, 0.25) is 6.29 Å². The Bertz CT molecular complexity index is 1220. The van der Waals surface area contributed by atoms with Crippen LogP contribution >= 0.6 is 0 Å². The maximum absolute atomic E-state index is 11.9. The number of nitrogens with zero attached hydrogens (tertiary/aromatic N) is 5. The molecule has 3 rings (SSSR count). The zero-order chi connectivity index (χ0) is 29.3. The molecule has 0 aliphatic rings. The molecular formula is C33H43N5O3. The molecule has 0 spiro atoms. The van der Waals surface area contributed by atoms with Crippen LogP contribution in [0.15, 0.2) is 93.3 Å². The van der Waals surface area contributed by atoms with Crippen molar-refractivity contribution in [2.24, 2.45) is 20.5 Å². The van der Waals surface area contributed by atoms with Crippen LogP contribution < -0.4 is 9.64 Å². The lowest BCUT2D eigenvalue weighted by atomic mass is 10.1. The molecule has 0 bridgehead atoms. The molecule has 0 radical (unpaired) electrons. The minimum absolute atomic E-state index is 0.258. The van der Waals surface area contributed by atoms with Gasteiger partial charge in [-0.05, 0) is 93.1 Å². The van der Waals surface area contributed by atoms with E-state index < -0.39 is 6.29 Å². The second-order valence-electron chi connectivity index (χ2n) is 9.69. The molecule has 8 heteroatoms. The van der Waals surface area contributed by atoms with Crippen LogP contribution in [0.5, 0.6) is 5.75 Å². The van der Waals surface area contributed by atoms with Crippen LogP contribution in [0.25, 0.3) is 0 Å². The summed E-state index contributed by atoms with van der Waals surface area (Å²) in [7, 11) is 0. The van der Waals surface area contributed by atoms with E-state index in [2.05, 4.69) is 58.3 Å². The van der Waals surface area contributed by atoms with Crippen molar-refractivity contribution in [1.82, 2.24) is 0 Å². The van der Waals surface area contributed by atoms with E-state index >= 15 is 0 Å². The Kier molecular flexibility index (Phi) is 13.5. The first-order chi connectivity index (χ1) is 20.0. The van der Waals surface area contributed by atoms with E-state index in [9.17, 15) is 4.79 Å². The van der Waals surface area contributed by atoms with Crippen molar-refractivity contribution in [2.45, 2.75) is 78.9 Å². The van der Waals surface area contributed by atoms with E-state index in [1.54, 1.807) is 6.92 Å². The molecule has 41 heavy (non-hydrogen) atoms. The van der Waals surface area contributed by atoms with Crippen molar-refractivity contribution in [2.75, 3.05) is 18.0 Å². The standard InChI is InChI=1S/C33H43N5O3/c1-5-9-10-11-12-13-33(41-32(39)6-2)40-31-24-20-29(21-25-31)37-35-27-16-14-26(15-17-27)34-36-28-18-22-30(23-19-28)38(7-3)8-4/h14-25,33H,5-13H2,1-4H3. The topological polar surface area (TPSA) is 88.2 Å². The summed E-state index contributed by atoms with van der Waals surface area (Å²) in [5, 5.41) is 17.3. The van der Waals surface area contributed by atoms with Crippen LogP contribution in [0, 0.1) is 0 Å². The number of unbranched alkanes of at least 4 members (excludes halogenated alkanes) is 4. The first-order valence-corrected chi connectivity index (χ1v) is 14.8. The average Bonchev–Trinajstić information content (AvgIpc) is 3.01. The molecular weight excluding hydrogens is 514 g/mol. The molecule has 1 unspecified atom stereocenters. The van der Waals surface area contributed by atoms with E-state index in [1.807, 2.05) is 60.7 Å². The third-order valence-electron chi connectivity index (χ3n) is 6.59. The van der Waals surface area contributed by atoms with Crippen molar-refractivity contribution in [3.8, 4) is 5.75 Å². The molecule has 0 amide bonds. The van der Waals surface area contributed by atoms with Crippen LogP contribution in [-0.2, 0) is 9.53 Å². The highest BCUT2D eigenvalue weighted by Gasteiger charge is 2.15. The third kappa shape index (κ3) is 11.1. The number of hydrogen-bond acceptors (Lipinski definition) is 8. The highest BCUT2D eigenvalue weighted by Crippen LogP contribution is 2.26. The number of rotatable bonds is 17. The summed E-state index contributed by atoms with van der Waals surface area (Å²) < 4.78 is 11.5. The van der Waals surface area contributed by atoms with Gasteiger partial charge in [0.15, 0.2) is 0 Å². The van der Waals surface area contributed by atoms with E-state index in [0.29, 0.717) is 30.0 Å². The molecule has 0 fully saturated rings.